The third-order valence-electron chi connectivity index (χ3n) is 3.19. The number of nitrogens with zero attached hydrogens (tertiary/aromatic N) is 2. The van der Waals surface area contributed by atoms with Crippen molar-refractivity contribution in [1.82, 2.24) is 0 Å². The summed E-state index contributed by atoms with van der Waals surface area (Å²) in [5, 5.41) is 8.66. The average Bonchev–Trinajstić information content (AvgIpc) is 2.41. The quantitative estimate of drug-likeness (QED) is 0.683. The van der Waals surface area contributed by atoms with Crippen LogP contribution in [-0.2, 0) is 6.54 Å². The zero-order valence-corrected chi connectivity index (χ0v) is 11.8. The predicted octanol–water partition coefficient (Wildman–Crippen LogP) is 5.02. The fourth-order valence-electron chi connectivity index (χ4n) is 1.85. The minimum absolute atomic E-state index is 0.117. The molecule has 2 nitrogen and oxygen atoms in total. The first-order valence-electron chi connectivity index (χ1n) is 6.64. The van der Waals surface area contributed by atoms with Crippen molar-refractivity contribution in [3.8, 4) is 0 Å². The fraction of sp³-hybridized carbons (Fsp3) is 0.294. The Morgan fingerprint density at radius 1 is 0.842 bits per heavy atom. The summed E-state index contributed by atoms with van der Waals surface area (Å²) in [6, 6.07) is 17.0. The summed E-state index contributed by atoms with van der Waals surface area (Å²) in [6.45, 7) is 6.90. The molecule has 0 spiro atoms. The molecule has 0 fully saturated rings. The molecule has 0 heterocycles. The Balaban J connectivity index is 1.95. The maximum atomic E-state index is 4.37. The highest BCUT2D eigenvalue weighted by atomic mass is 15.1. The lowest BCUT2D eigenvalue weighted by Crippen LogP contribution is -1.89. The molecule has 2 aromatic rings. The maximum absolute atomic E-state index is 4.37. The number of hydrogen-bond donors (Lipinski definition) is 0. The molecule has 19 heavy (non-hydrogen) atoms. The second-order valence-electron chi connectivity index (χ2n) is 4.99. The standard InChI is InChI=1S/C17H20N2/c1-13-4-8-16(9-5-13)12-18-19-15(3)17-10-6-14(2)7-11-17/h4-11,15H,12H2,1-3H3. The van der Waals surface area contributed by atoms with Gasteiger partial charge < -0.3 is 0 Å². The van der Waals surface area contributed by atoms with Crippen molar-refractivity contribution < 1.29 is 0 Å². The Morgan fingerprint density at radius 2 is 1.37 bits per heavy atom. The van der Waals surface area contributed by atoms with E-state index in [1.165, 1.54) is 22.3 Å². The molecule has 0 saturated heterocycles. The van der Waals surface area contributed by atoms with Gasteiger partial charge in [-0.1, -0.05) is 59.7 Å². The summed E-state index contributed by atoms with van der Waals surface area (Å²) < 4.78 is 0. The van der Waals surface area contributed by atoms with Gasteiger partial charge in [0.15, 0.2) is 0 Å². The molecular weight excluding hydrogens is 232 g/mol. The SMILES string of the molecule is Cc1ccc(CN=NC(C)c2ccc(C)cc2)cc1. The minimum Gasteiger partial charge on any atom is -0.189 e. The van der Waals surface area contributed by atoms with Crippen molar-refractivity contribution >= 4 is 0 Å². The van der Waals surface area contributed by atoms with Gasteiger partial charge in [-0.05, 0) is 31.9 Å². The van der Waals surface area contributed by atoms with E-state index in [0.29, 0.717) is 6.54 Å². The Hall–Kier alpha value is -1.96. The van der Waals surface area contributed by atoms with Gasteiger partial charge in [0.25, 0.3) is 0 Å². The van der Waals surface area contributed by atoms with E-state index in [-0.39, 0.29) is 6.04 Å². The topological polar surface area (TPSA) is 24.7 Å². The van der Waals surface area contributed by atoms with Crippen LogP contribution >= 0.6 is 0 Å². The second-order valence-corrected chi connectivity index (χ2v) is 4.99. The molecule has 2 heteroatoms. The van der Waals surface area contributed by atoms with E-state index >= 15 is 0 Å². The first-order valence-corrected chi connectivity index (χ1v) is 6.64. The van der Waals surface area contributed by atoms with Crippen LogP contribution in [0.3, 0.4) is 0 Å². The van der Waals surface area contributed by atoms with Crippen molar-refractivity contribution in [3.63, 3.8) is 0 Å². The molecule has 0 aliphatic rings. The van der Waals surface area contributed by atoms with Crippen LogP contribution in [0.1, 0.15) is 35.2 Å². The molecule has 0 amide bonds. The van der Waals surface area contributed by atoms with E-state index in [1.807, 2.05) is 0 Å². The molecule has 1 atom stereocenters. The van der Waals surface area contributed by atoms with Crippen molar-refractivity contribution in [2.75, 3.05) is 0 Å². The molecule has 2 aromatic carbocycles. The number of azo groups is 1. The van der Waals surface area contributed by atoms with Crippen LogP contribution in [0.4, 0.5) is 0 Å². The van der Waals surface area contributed by atoms with Gasteiger partial charge >= 0.3 is 0 Å². The number of rotatable bonds is 4. The molecule has 0 bridgehead atoms. The van der Waals surface area contributed by atoms with Crippen LogP contribution in [0.25, 0.3) is 0 Å². The van der Waals surface area contributed by atoms with E-state index in [2.05, 4.69) is 79.5 Å². The summed E-state index contributed by atoms with van der Waals surface area (Å²) in [5.41, 5.74) is 4.95. The van der Waals surface area contributed by atoms with E-state index in [0.717, 1.165) is 0 Å². The Morgan fingerprint density at radius 3 is 1.95 bits per heavy atom. The third-order valence-corrected chi connectivity index (χ3v) is 3.19. The average molecular weight is 252 g/mol. The van der Waals surface area contributed by atoms with Gasteiger partial charge in [0.1, 0.15) is 0 Å². The van der Waals surface area contributed by atoms with E-state index in [9.17, 15) is 0 Å². The molecule has 98 valence electrons. The highest BCUT2D eigenvalue weighted by Crippen LogP contribution is 2.18. The Bertz CT molecular complexity index is 538. The Labute approximate surface area is 115 Å². The van der Waals surface area contributed by atoms with Crippen molar-refractivity contribution in [2.45, 2.75) is 33.4 Å². The summed E-state index contributed by atoms with van der Waals surface area (Å²) in [6.07, 6.45) is 0. The number of aryl methyl sites for hydroxylation is 2. The third kappa shape index (κ3) is 4.02. The second kappa shape index (κ2) is 6.28. The van der Waals surface area contributed by atoms with Crippen LogP contribution in [0, 0.1) is 13.8 Å². The zero-order valence-electron chi connectivity index (χ0n) is 11.8. The first-order chi connectivity index (χ1) is 9.15. The first kappa shape index (κ1) is 13.5. The molecule has 0 N–H and O–H groups in total. The number of hydrogen-bond acceptors (Lipinski definition) is 2. The van der Waals surface area contributed by atoms with Crippen LogP contribution in [0.5, 0.6) is 0 Å². The van der Waals surface area contributed by atoms with E-state index in [1.54, 1.807) is 0 Å². The lowest BCUT2D eigenvalue weighted by Gasteiger charge is -2.05. The minimum atomic E-state index is 0.117. The maximum Gasteiger partial charge on any atom is 0.0929 e. The monoisotopic (exact) mass is 252 g/mol. The van der Waals surface area contributed by atoms with E-state index < -0.39 is 0 Å². The highest BCUT2D eigenvalue weighted by Gasteiger charge is 2.02. The molecule has 0 saturated carbocycles. The van der Waals surface area contributed by atoms with Crippen LogP contribution in [0.2, 0.25) is 0 Å². The lowest BCUT2D eigenvalue weighted by molar-refractivity contribution is 0.722. The summed E-state index contributed by atoms with van der Waals surface area (Å²) >= 11 is 0. The molecular formula is C17H20N2. The highest BCUT2D eigenvalue weighted by molar-refractivity contribution is 5.24. The molecule has 2 rings (SSSR count). The van der Waals surface area contributed by atoms with Crippen molar-refractivity contribution in [3.05, 3.63) is 70.8 Å². The molecule has 0 aliphatic carbocycles. The van der Waals surface area contributed by atoms with Gasteiger partial charge in [-0.25, -0.2) is 0 Å². The van der Waals surface area contributed by atoms with Gasteiger partial charge in [0, 0.05) is 0 Å². The molecule has 0 aliphatic heterocycles. The Kier molecular flexibility index (Phi) is 4.45. The van der Waals surface area contributed by atoms with Gasteiger partial charge in [0.05, 0.1) is 12.6 Å². The lowest BCUT2D eigenvalue weighted by atomic mass is 10.1. The molecule has 0 aromatic heterocycles. The largest absolute Gasteiger partial charge is 0.189 e. The normalized spacial score (nSPS) is 12.8. The predicted molar refractivity (Wildman–Crippen MR) is 79.3 cm³/mol. The van der Waals surface area contributed by atoms with Gasteiger partial charge in [-0.3, -0.25) is 0 Å². The summed E-state index contributed by atoms with van der Waals surface area (Å²) in [7, 11) is 0. The van der Waals surface area contributed by atoms with Crippen molar-refractivity contribution in [1.29, 1.82) is 0 Å². The van der Waals surface area contributed by atoms with E-state index in [4.69, 9.17) is 0 Å². The van der Waals surface area contributed by atoms with Crippen LogP contribution in [0.15, 0.2) is 58.8 Å². The van der Waals surface area contributed by atoms with Crippen LogP contribution < -0.4 is 0 Å². The van der Waals surface area contributed by atoms with Gasteiger partial charge in [-0.15, -0.1) is 0 Å². The summed E-state index contributed by atoms with van der Waals surface area (Å²) in [5.74, 6) is 0. The number of benzene rings is 2. The molecule has 1 unspecified atom stereocenters. The van der Waals surface area contributed by atoms with Gasteiger partial charge in [0.2, 0.25) is 0 Å². The molecule has 0 radical (unpaired) electrons. The summed E-state index contributed by atoms with van der Waals surface area (Å²) in [4.78, 5) is 0. The van der Waals surface area contributed by atoms with Crippen LogP contribution in [-0.4, -0.2) is 0 Å². The fourth-order valence-corrected chi connectivity index (χ4v) is 1.85. The zero-order chi connectivity index (χ0) is 13.7. The smallest absolute Gasteiger partial charge is 0.0929 e. The van der Waals surface area contributed by atoms with Gasteiger partial charge in [-0.2, -0.15) is 10.2 Å². The van der Waals surface area contributed by atoms with Crippen molar-refractivity contribution in [2.24, 2.45) is 10.2 Å².